The minimum Gasteiger partial charge on any atom is -0.220 e. The zero-order chi connectivity index (χ0) is 11.6. The molecule has 0 bridgehead atoms. The molecule has 1 heterocycles. The second-order valence-corrected chi connectivity index (χ2v) is 5.52. The normalized spacial score (nSPS) is 13.3. The van der Waals surface area contributed by atoms with Crippen LogP contribution in [-0.2, 0) is 0 Å². The average molecular weight is 312 g/mol. The lowest BCUT2D eigenvalue weighted by molar-refractivity contribution is 0.507. The molecule has 0 amide bonds. The van der Waals surface area contributed by atoms with Gasteiger partial charge >= 0.3 is 0 Å². The highest BCUT2D eigenvalue weighted by Crippen LogP contribution is 2.30. The number of hydrogen-bond acceptors (Lipinski definition) is 2. The molecule has 0 spiro atoms. The monoisotopic (exact) mass is 310 g/mol. The van der Waals surface area contributed by atoms with E-state index in [0.29, 0.717) is 26.5 Å². The highest BCUT2D eigenvalue weighted by atomic mass is 79.9. The third kappa shape index (κ3) is 3.58. The van der Waals surface area contributed by atoms with Crippen LogP contribution in [0.1, 0.15) is 38.9 Å². The third-order valence-electron chi connectivity index (χ3n) is 2.05. The van der Waals surface area contributed by atoms with Crippen molar-refractivity contribution in [3.8, 4) is 0 Å². The van der Waals surface area contributed by atoms with Gasteiger partial charge in [0.15, 0.2) is 0 Å². The van der Waals surface area contributed by atoms with E-state index in [0.717, 1.165) is 6.42 Å². The lowest BCUT2D eigenvalue weighted by atomic mass is 9.98. The smallest absolute Gasteiger partial charge is 0.148 e. The summed E-state index contributed by atoms with van der Waals surface area (Å²) in [6.45, 7) is 6.41. The van der Waals surface area contributed by atoms with Crippen LogP contribution in [0, 0.1) is 5.92 Å². The summed E-state index contributed by atoms with van der Waals surface area (Å²) in [5.74, 6) is 1.58. The molecule has 0 aliphatic rings. The first-order chi connectivity index (χ1) is 6.91. The first kappa shape index (κ1) is 13.2. The van der Waals surface area contributed by atoms with Crippen LogP contribution in [0.25, 0.3) is 0 Å². The Bertz CT molecular complexity index is 332. The van der Waals surface area contributed by atoms with Gasteiger partial charge in [0.1, 0.15) is 16.1 Å². The molecule has 0 radical (unpaired) electrons. The van der Waals surface area contributed by atoms with Crippen LogP contribution in [0.4, 0.5) is 0 Å². The largest absolute Gasteiger partial charge is 0.220 e. The number of hydrogen-bond donors (Lipinski definition) is 0. The fourth-order valence-corrected chi connectivity index (χ4v) is 2.02. The Morgan fingerprint density at radius 2 is 1.60 bits per heavy atom. The van der Waals surface area contributed by atoms with E-state index in [4.69, 9.17) is 23.2 Å². The molecule has 1 atom stereocenters. The summed E-state index contributed by atoms with van der Waals surface area (Å²) in [5.41, 5.74) is 0. The lowest BCUT2D eigenvalue weighted by Crippen LogP contribution is -2.05. The van der Waals surface area contributed by atoms with E-state index in [1.54, 1.807) is 0 Å². The molecule has 0 aliphatic carbocycles. The van der Waals surface area contributed by atoms with Crippen LogP contribution >= 0.6 is 39.1 Å². The molecule has 1 rings (SSSR count). The second kappa shape index (κ2) is 5.46. The van der Waals surface area contributed by atoms with Crippen LogP contribution in [-0.4, -0.2) is 9.97 Å². The summed E-state index contributed by atoms with van der Waals surface area (Å²) in [7, 11) is 0. The molecule has 5 heteroatoms. The summed E-state index contributed by atoms with van der Waals surface area (Å²) >= 11 is 15.1. The van der Waals surface area contributed by atoms with Gasteiger partial charge in [-0.2, -0.15) is 0 Å². The van der Waals surface area contributed by atoms with Gasteiger partial charge in [-0.25, -0.2) is 9.97 Å². The van der Waals surface area contributed by atoms with Crippen molar-refractivity contribution >= 4 is 39.1 Å². The Balaban J connectivity index is 2.95. The number of nitrogens with zero attached hydrogens (tertiary/aromatic N) is 2. The van der Waals surface area contributed by atoms with Gasteiger partial charge in [0.2, 0.25) is 0 Å². The van der Waals surface area contributed by atoms with E-state index in [2.05, 4.69) is 46.7 Å². The number of rotatable bonds is 3. The predicted molar refractivity (Wildman–Crippen MR) is 67.6 cm³/mol. The predicted octanol–water partition coefficient (Wildman–Crippen LogP) is 4.70. The Morgan fingerprint density at radius 1 is 1.13 bits per heavy atom. The molecule has 15 heavy (non-hydrogen) atoms. The summed E-state index contributed by atoms with van der Waals surface area (Å²) in [5, 5.41) is 0.751. The molecule has 0 fully saturated rings. The van der Waals surface area contributed by atoms with E-state index < -0.39 is 0 Å². The van der Waals surface area contributed by atoms with Gasteiger partial charge in [0.05, 0.1) is 4.47 Å². The van der Waals surface area contributed by atoms with Crippen LogP contribution < -0.4 is 0 Å². The minimum absolute atomic E-state index is 0.271. The second-order valence-electron chi connectivity index (χ2n) is 4.01. The van der Waals surface area contributed by atoms with Crippen molar-refractivity contribution in [1.29, 1.82) is 0 Å². The molecule has 0 saturated heterocycles. The fraction of sp³-hybridized carbons (Fsp3) is 0.600. The molecule has 0 aromatic carbocycles. The summed E-state index contributed by atoms with van der Waals surface area (Å²) < 4.78 is 0.561. The van der Waals surface area contributed by atoms with Crippen molar-refractivity contribution in [2.45, 2.75) is 33.1 Å². The van der Waals surface area contributed by atoms with Crippen molar-refractivity contribution in [2.24, 2.45) is 5.92 Å². The Labute approximate surface area is 109 Å². The molecular formula is C10H13BrCl2N2. The van der Waals surface area contributed by atoms with Crippen molar-refractivity contribution in [3.63, 3.8) is 0 Å². The van der Waals surface area contributed by atoms with E-state index in [1.165, 1.54) is 0 Å². The molecule has 1 aromatic rings. The first-order valence-electron chi connectivity index (χ1n) is 4.80. The van der Waals surface area contributed by atoms with E-state index in [1.807, 2.05) is 0 Å². The van der Waals surface area contributed by atoms with Crippen molar-refractivity contribution in [1.82, 2.24) is 9.97 Å². The lowest BCUT2D eigenvalue weighted by Gasteiger charge is -2.13. The minimum atomic E-state index is 0.271. The zero-order valence-corrected chi connectivity index (χ0v) is 12.0. The maximum atomic E-state index is 5.92. The maximum Gasteiger partial charge on any atom is 0.148 e. The fourth-order valence-electron chi connectivity index (χ4n) is 1.44. The molecule has 0 saturated carbocycles. The SMILES string of the molecule is CC(C)CC(C)c1nc(Cl)c(Br)c(Cl)n1. The first-order valence-corrected chi connectivity index (χ1v) is 6.35. The van der Waals surface area contributed by atoms with Crippen molar-refractivity contribution in [3.05, 3.63) is 20.6 Å². The van der Waals surface area contributed by atoms with Crippen LogP contribution in [0.3, 0.4) is 0 Å². The van der Waals surface area contributed by atoms with Crippen LogP contribution in [0.15, 0.2) is 4.47 Å². The average Bonchev–Trinajstić information content (AvgIpc) is 2.12. The third-order valence-corrected chi connectivity index (χ3v) is 3.81. The summed E-state index contributed by atoms with van der Waals surface area (Å²) in [4.78, 5) is 8.42. The van der Waals surface area contributed by atoms with Gasteiger partial charge in [-0.1, -0.05) is 44.0 Å². The summed E-state index contributed by atoms with van der Waals surface area (Å²) in [6, 6.07) is 0. The molecule has 0 N–H and O–H groups in total. The highest BCUT2D eigenvalue weighted by molar-refractivity contribution is 9.10. The maximum absolute atomic E-state index is 5.92. The molecule has 1 aromatic heterocycles. The Kier molecular flexibility index (Phi) is 4.81. The highest BCUT2D eigenvalue weighted by Gasteiger charge is 2.15. The van der Waals surface area contributed by atoms with E-state index in [-0.39, 0.29) is 5.92 Å². The number of halogens is 3. The quantitative estimate of drug-likeness (QED) is 0.756. The van der Waals surface area contributed by atoms with Gasteiger partial charge < -0.3 is 0 Å². The topological polar surface area (TPSA) is 25.8 Å². The van der Waals surface area contributed by atoms with Crippen molar-refractivity contribution in [2.75, 3.05) is 0 Å². The van der Waals surface area contributed by atoms with Gasteiger partial charge in [-0.05, 0) is 28.3 Å². The molecule has 2 nitrogen and oxygen atoms in total. The number of aromatic nitrogens is 2. The molecule has 84 valence electrons. The van der Waals surface area contributed by atoms with Gasteiger partial charge in [0, 0.05) is 5.92 Å². The van der Waals surface area contributed by atoms with Crippen LogP contribution in [0.5, 0.6) is 0 Å². The van der Waals surface area contributed by atoms with E-state index >= 15 is 0 Å². The Morgan fingerprint density at radius 3 is 2.00 bits per heavy atom. The zero-order valence-electron chi connectivity index (χ0n) is 8.89. The Hall–Kier alpha value is 0.140. The van der Waals surface area contributed by atoms with Gasteiger partial charge in [-0.3, -0.25) is 0 Å². The van der Waals surface area contributed by atoms with Gasteiger partial charge in [0.25, 0.3) is 0 Å². The standard InChI is InChI=1S/C10H13BrCl2N2/c1-5(2)4-6(3)10-14-8(12)7(11)9(13)15-10/h5-6H,4H2,1-3H3. The molecule has 0 aliphatic heterocycles. The van der Waals surface area contributed by atoms with Crippen molar-refractivity contribution < 1.29 is 0 Å². The molecular weight excluding hydrogens is 299 g/mol. The van der Waals surface area contributed by atoms with Crippen LogP contribution in [0.2, 0.25) is 10.3 Å². The molecule has 1 unspecified atom stereocenters. The summed E-state index contributed by atoms with van der Waals surface area (Å²) in [6.07, 6.45) is 1.02. The van der Waals surface area contributed by atoms with E-state index in [9.17, 15) is 0 Å². The van der Waals surface area contributed by atoms with Gasteiger partial charge in [-0.15, -0.1) is 0 Å².